The third kappa shape index (κ3) is 3.79. The third-order valence-electron chi connectivity index (χ3n) is 3.59. The number of piperidine rings is 1. The molecular formula is C13H22N2O3S2. The van der Waals surface area contributed by atoms with Crippen LogP contribution in [0.5, 0.6) is 0 Å². The zero-order valence-electron chi connectivity index (χ0n) is 11.9. The molecule has 2 N–H and O–H groups in total. The fourth-order valence-electron chi connectivity index (χ4n) is 2.44. The summed E-state index contributed by atoms with van der Waals surface area (Å²) >= 11 is 1.60. The largest absolute Gasteiger partial charge is 0.396 e. The van der Waals surface area contributed by atoms with Gasteiger partial charge in [-0.25, -0.2) is 0 Å². The lowest BCUT2D eigenvalue weighted by Crippen LogP contribution is -2.47. The summed E-state index contributed by atoms with van der Waals surface area (Å²) in [6.07, 6.45) is 1.70. The van der Waals surface area contributed by atoms with Crippen LogP contribution in [0.3, 0.4) is 0 Å². The van der Waals surface area contributed by atoms with E-state index in [1.807, 2.05) is 26.0 Å². The fourth-order valence-corrected chi connectivity index (χ4v) is 4.89. The van der Waals surface area contributed by atoms with E-state index < -0.39 is 10.2 Å². The monoisotopic (exact) mass is 318 g/mol. The van der Waals surface area contributed by atoms with Crippen molar-refractivity contribution in [1.29, 1.82) is 0 Å². The molecular weight excluding hydrogens is 296 g/mol. The Morgan fingerprint density at radius 1 is 1.55 bits per heavy atom. The van der Waals surface area contributed by atoms with E-state index in [9.17, 15) is 13.5 Å². The molecule has 2 rings (SSSR count). The maximum absolute atomic E-state index is 12.4. The molecule has 2 heterocycles. The van der Waals surface area contributed by atoms with Crippen molar-refractivity contribution in [2.24, 2.45) is 5.92 Å². The van der Waals surface area contributed by atoms with Crippen molar-refractivity contribution in [2.45, 2.75) is 32.7 Å². The maximum atomic E-state index is 12.4. The molecule has 0 radical (unpaired) electrons. The average molecular weight is 318 g/mol. The minimum absolute atomic E-state index is 0.0473. The molecule has 114 valence electrons. The smallest absolute Gasteiger partial charge is 0.280 e. The van der Waals surface area contributed by atoms with Gasteiger partial charge in [0.05, 0.1) is 6.04 Å². The second kappa shape index (κ2) is 6.53. The Morgan fingerprint density at radius 2 is 2.30 bits per heavy atom. The van der Waals surface area contributed by atoms with Gasteiger partial charge in [-0.1, -0.05) is 0 Å². The minimum atomic E-state index is -3.49. The zero-order valence-corrected chi connectivity index (χ0v) is 13.5. The molecule has 20 heavy (non-hydrogen) atoms. The fraction of sp³-hybridized carbons (Fsp3) is 0.692. The molecule has 0 aliphatic carbocycles. The highest BCUT2D eigenvalue weighted by molar-refractivity contribution is 7.87. The Bertz CT molecular complexity index is 542. The Kier molecular flexibility index (Phi) is 5.19. The van der Waals surface area contributed by atoms with E-state index in [-0.39, 0.29) is 18.6 Å². The minimum Gasteiger partial charge on any atom is -0.396 e. The van der Waals surface area contributed by atoms with Gasteiger partial charge in [-0.15, -0.1) is 11.3 Å². The molecule has 1 aliphatic rings. The number of aliphatic hydroxyl groups is 1. The maximum Gasteiger partial charge on any atom is 0.280 e. The first-order valence-corrected chi connectivity index (χ1v) is 9.12. The molecule has 7 heteroatoms. The van der Waals surface area contributed by atoms with Crippen molar-refractivity contribution >= 4 is 21.5 Å². The van der Waals surface area contributed by atoms with Crippen LogP contribution in [-0.4, -0.2) is 37.5 Å². The molecule has 0 saturated carbocycles. The van der Waals surface area contributed by atoms with Crippen LogP contribution in [0, 0.1) is 12.8 Å². The molecule has 1 aromatic rings. The number of rotatable bonds is 5. The Morgan fingerprint density at radius 3 is 2.90 bits per heavy atom. The number of aryl methyl sites for hydroxylation is 1. The van der Waals surface area contributed by atoms with E-state index in [0.29, 0.717) is 13.1 Å². The van der Waals surface area contributed by atoms with Gasteiger partial charge in [-0.05, 0) is 44.7 Å². The van der Waals surface area contributed by atoms with Gasteiger partial charge in [0.25, 0.3) is 10.2 Å². The van der Waals surface area contributed by atoms with E-state index in [1.54, 1.807) is 11.3 Å². The molecule has 2 unspecified atom stereocenters. The third-order valence-corrected chi connectivity index (χ3v) is 6.44. The van der Waals surface area contributed by atoms with Gasteiger partial charge in [0.15, 0.2) is 0 Å². The summed E-state index contributed by atoms with van der Waals surface area (Å²) in [5.41, 5.74) is 0. The molecule has 1 fully saturated rings. The summed E-state index contributed by atoms with van der Waals surface area (Å²) in [5, 5.41) is 9.20. The Labute approximate surface area is 124 Å². The number of nitrogens with zero attached hydrogens (tertiary/aromatic N) is 1. The summed E-state index contributed by atoms with van der Waals surface area (Å²) < 4.78 is 28.9. The van der Waals surface area contributed by atoms with Gasteiger partial charge in [-0.3, -0.25) is 0 Å². The number of nitrogens with one attached hydrogen (secondary N) is 1. The zero-order chi connectivity index (χ0) is 14.8. The summed E-state index contributed by atoms with van der Waals surface area (Å²) in [4.78, 5) is 2.19. The van der Waals surface area contributed by atoms with Crippen LogP contribution in [-0.2, 0) is 10.2 Å². The predicted octanol–water partition coefficient (Wildman–Crippen LogP) is 1.66. The van der Waals surface area contributed by atoms with Crippen molar-refractivity contribution in [3.63, 3.8) is 0 Å². The van der Waals surface area contributed by atoms with E-state index in [0.717, 1.165) is 17.7 Å². The number of hydrogen-bond donors (Lipinski definition) is 2. The van der Waals surface area contributed by atoms with Crippen molar-refractivity contribution in [2.75, 3.05) is 19.7 Å². The molecule has 1 saturated heterocycles. The highest BCUT2D eigenvalue weighted by Crippen LogP contribution is 2.24. The van der Waals surface area contributed by atoms with Gasteiger partial charge in [0, 0.05) is 29.5 Å². The first kappa shape index (κ1) is 15.9. The summed E-state index contributed by atoms with van der Waals surface area (Å²) in [7, 11) is -3.49. The summed E-state index contributed by atoms with van der Waals surface area (Å²) in [5.74, 6) is 0.0552. The standard InChI is InChI=1S/C13H22N2O3S2/c1-10-5-6-13(19-10)11(2)14-20(17,18)15-7-3-4-12(8-15)9-16/h5-6,11-12,14,16H,3-4,7-9H2,1-2H3. The van der Waals surface area contributed by atoms with Gasteiger partial charge in [0.1, 0.15) is 0 Å². The predicted molar refractivity (Wildman–Crippen MR) is 80.9 cm³/mol. The average Bonchev–Trinajstić information content (AvgIpc) is 2.85. The molecule has 1 aliphatic heterocycles. The first-order valence-electron chi connectivity index (χ1n) is 6.87. The van der Waals surface area contributed by atoms with Crippen molar-refractivity contribution < 1.29 is 13.5 Å². The van der Waals surface area contributed by atoms with Crippen LogP contribution >= 0.6 is 11.3 Å². The second-order valence-electron chi connectivity index (χ2n) is 5.34. The molecule has 0 spiro atoms. The van der Waals surface area contributed by atoms with Crippen molar-refractivity contribution in [3.05, 3.63) is 21.9 Å². The topological polar surface area (TPSA) is 69.6 Å². The number of aliphatic hydroxyl groups excluding tert-OH is 1. The van der Waals surface area contributed by atoms with Crippen molar-refractivity contribution in [1.82, 2.24) is 9.03 Å². The van der Waals surface area contributed by atoms with Crippen LogP contribution in [0.15, 0.2) is 12.1 Å². The lowest BCUT2D eigenvalue weighted by atomic mass is 10.0. The highest BCUT2D eigenvalue weighted by atomic mass is 32.2. The van der Waals surface area contributed by atoms with Gasteiger partial charge in [-0.2, -0.15) is 17.4 Å². The highest BCUT2D eigenvalue weighted by Gasteiger charge is 2.29. The first-order chi connectivity index (χ1) is 9.42. The Balaban J connectivity index is 2.03. The summed E-state index contributed by atoms with van der Waals surface area (Å²) in [6.45, 7) is 4.85. The van der Waals surface area contributed by atoms with Gasteiger partial charge >= 0.3 is 0 Å². The number of hydrogen-bond acceptors (Lipinski definition) is 4. The molecule has 2 atom stereocenters. The van der Waals surface area contributed by atoms with E-state index in [2.05, 4.69) is 4.72 Å². The normalized spacial score (nSPS) is 22.9. The van der Waals surface area contributed by atoms with Crippen LogP contribution in [0.4, 0.5) is 0 Å². The van der Waals surface area contributed by atoms with Crippen LogP contribution in [0.25, 0.3) is 0 Å². The Hall–Kier alpha value is -0.470. The second-order valence-corrected chi connectivity index (χ2v) is 8.36. The van der Waals surface area contributed by atoms with Crippen molar-refractivity contribution in [3.8, 4) is 0 Å². The molecule has 0 bridgehead atoms. The van der Waals surface area contributed by atoms with E-state index in [4.69, 9.17) is 0 Å². The number of thiophene rings is 1. The lowest BCUT2D eigenvalue weighted by Gasteiger charge is -2.31. The quantitative estimate of drug-likeness (QED) is 0.867. The SMILES string of the molecule is Cc1ccc(C(C)NS(=O)(=O)N2CCCC(CO)C2)s1. The summed E-state index contributed by atoms with van der Waals surface area (Å²) in [6, 6.07) is 3.72. The van der Waals surface area contributed by atoms with Crippen LogP contribution < -0.4 is 4.72 Å². The van der Waals surface area contributed by atoms with E-state index in [1.165, 1.54) is 9.18 Å². The van der Waals surface area contributed by atoms with Crippen LogP contribution in [0.1, 0.15) is 35.6 Å². The molecule has 0 aromatic carbocycles. The molecule has 0 amide bonds. The van der Waals surface area contributed by atoms with Gasteiger partial charge in [0.2, 0.25) is 0 Å². The molecule has 5 nitrogen and oxygen atoms in total. The molecule has 1 aromatic heterocycles. The van der Waals surface area contributed by atoms with Crippen LogP contribution in [0.2, 0.25) is 0 Å². The van der Waals surface area contributed by atoms with E-state index >= 15 is 0 Å². The van der Waals surface area contributed by atoms with Gasteiger partial charge < -0.3 is 5.11 Å². The lowest BCUT2D eigenvalue weighted by molar-refractivity contribution is 0.164.